The molecule has 138 valence electrons. The minimum atomic E-state index is -0.508. The predicted molar refractivity (Wildman–Crippen MR) is 102 cm³/mol. The number of nitrogens with zero attached hydrogens (tertiary/aromatic N) is 1. The summed E-state index contributed by atoms with van der Waals surface area (Å²) in [6, 6.07) is 14.8. The fourth-order valence-corrected chi connectivity index (χ4v) is 2.48. The van der Waals surface area contributed by atoms with Crippen molar-refractivity contribution in [3.63, 3.8) is 0 Å². The monoisotopic (exact) mass is 384 g/mol. The Bertz CT molecular complexity index is 936. The van der Waals surface area contributed by atoms with E-state index in [2.05, 4.69) is 15.6 Å². The van der Waals surface area contributed by atoms with Gasteiger partial charge in [0.2, 0.25) is 11.8 Å². The molecule has 0 bridgehead atoms. The predicted octanol–water partition coefficient (Wildman–Crippen LogP) is 2.82. The Labute approximate surface area is 160 Å². The second-order valence-corrected chi connectivity index (χ2v) is 6.08. The maximum atomic E-state index is 12.0. The first kappa shape index (κ1) is 18.6. The van der Waals surface area contributed by atoms with E-state index in [-0.39, 0.29) is 30.6 Å². The zero-order valence-corrected chi connectivity index (χ0v) is 15.0. The molecular formula is C19H17ClN4O3. The van der Waals surface area contributed by atoms with Crippen molar-refractivity contribution < 1.29 is 14.0 Å². The van der Waals surface area contributed by atoms with Crippen molar-refractivity contribution >= 4 is 29.1 Å². The van der Waals surface area contributed by atoms with E-state index in [0.29, 0.717) is 10.7 Å². The number of benzene rings is 2. The van der Waals surface area contributed by atoms with Gasteiger partial charge in [0.1, 0.15) is 6.26 Å². The molecule has 0 saturated heterocycles. The molecule has 0 spiro atoms. The number of nitrogens with two attached hydrogens (primary N) is 1. The second kappa shape index (κ2) is 8.48. The van der Waals surface area contributed by atoms with Crippen molar-refractivity contribution in [1.29, 1.82) is 0 Å². The third-order valence-corrected chi connectivity index (χ3v) is 3.97. The second-order valence-electron chi connectivity index (χ2n) is 5.65. The van der Waals surface area contributed by atoms with Gasteiger partial charge >= 0.3 is 0 Å². The molecule has 0 saturated carbocycles. The van der Waals surface area contributed by atoms with Gasteiger partial charge in [-0.05, 0) is 35.4 Å². The van der Waals surface area contributed by atoms with Gasteiger partial charge in [0.25, 0.3) is 5.91 Å². The molecule has 0 atom stereocenters. The summed E-state index contributed by atoms with van der Waals surface area (Å²) >= 11 is 5.89. The lowest BCUT2D eigenvalue weighted by molar-refractivity contribution is -0.115. The number of carbonyl (C=O) groups excluding carboxylic acids is 2. The van der Waals surface area contributed by atoms with Crippen LogP contribution in [0, 0.1) is 0 Å². The average molecular weight is 385 g/mol. The Morgan fingerprint density at radius 1 is 1.04 bits per heavy atom. The molecule has 2 amide bonds. The van der Waals surface area contributed by atoms with Gasteiger partial charge in [0, 0.05) is 10.7 Å². The van der Waals surface area contributed by atoms with E-state index >= 15 is 0 Å². The van der Waals surface area contributed by atoms with Crippen LogP contribution in [0.25, 0.3) is 11.1 Å². The summed E-state index contributed by atoms with van der Waals surface area (Å²) in [5.41, 5.74) is 8.09. The number of halogens is 1. The Balaban J connectivity index is 1.53. The summed E-state index contributed by atoms with van der Waals surface area (Å²) in [5.74, 6) is -0.609. The highest BCUT2D eigenvalue weighted by molar-refractivity contribution is 6.30. The van der Waals surface area contributed by atoms with Crippen molar-refractivity contribution in [3.05, 3.63) is 71.4 Å². The van der Waals surface area contributed by atoms with Crippen LogP contribution in [-0.4, -0.2) is 23.3 Å². The zero-order chi connectivity index (χ0) is 19.2. The van der Waals surface area contributed by atoms with Crippen LogP contribution < -0.4 is 16.4 Å². The Hall–Kier alpha value is -3.16. The minimum Gasteiger partial charge on any atom is -0.447 e. The molecule has 0 aliphatic rings. The molecule has 0 aliphatic heterocycles. The van der Waals surface area contributed by atoms with Crippen molar-refractivity contribution in [2.24, 2.45) is 5.73 Å². The summed E-state index contributed by atoms with van der Waals surface area (Å²) in [4.78, 5) is 27.8. The van der Waals surface area contributed by atoms with Gasteiger partial charge in [-0.3, -0.25) is 9.59 Å². The van der Waals surface area contributed by atoms with Crippen LogP contribution in [0.5, 0.6) is 0 Å². The van der Waals surface area contributed by atoms with Crippen LogP contribution in [0.2, 0.25) is 5.02 Å². The molecule has 1 heterocycles. The molecule has 1 aromatic heterocycles. The first-order valence-corrected chi connectivity index (χ1v) is 8.51. The van der Waals surface area contributed by atoms with Crippen LogP contribution in [-0.2, 0) is 11.3 Å². The average Bonchev–Trinajstić information content (AvgIpc) is 3.17. The molecule has 0 fully saturated rings. The van der Waals surface area contributed by atoms with E-state index < -0.39 is 5.91 Å². The van der Waals surface area contributed by atoms with Gasteiger partial charge in [-0.25, -0.2) is 4.98 Å². The number of aromatic nitrogens is 1. The molecule has 0 aliphatic carbocycles. The van der Waals surface area contributed by atoms with Gasteiger partial charge in [0.15, 0.2) is 5.69 Å². The normalized spacial score (nSPS) is 10.4. The maximum Gasteiger partial charge on any atom is 0.273 e. The highest BCUT2D eigenvalue weighted by atomic mass is 35.5. The van der Waals surface area contributed by atoms with E-state index in [0.717, 1.165) is 11.1 Å². The third-order valence-electron chi connectivity index (χ3n) is 3.71. The Kier molecular flexibility index (Phi) is 5.85. The molecule has 0 unspecified atom stereocenters. The number of hydrogen-bond acceptors (Lipinski definition) is 5. The molecule has 3 rings (SSSR count). The highest BCUT2D eigenvalue weighted by Gasteiger charge is 2.13. The summed E-state index contributed by atoms with van der Waals surface area (Å²) in [6.45, 7) is -0.0949. The molecule has 7 nitrogen and oxygen atoms in total. The van der Waals surface area contributed by atoms with Crippen molar-refractivity contribution in [1.82, 2.24) is 10.3 Å². The summed E-state index contributed by atoms with van der Waals surface area (Å²) in [5, 5.41) is 5.86. The largest absolute Gasteiger partial charge is 0.447 e. The first-order valence-electron chi connectivity index (χ1n) is 8.13. The summed E-state index contributed by atoms with van der Waals surface area (Å²) in [7, 11) is 0. The Morgan fingerprint density at radius 3 is 2.26 bits per heavy atom. The van der Waals surface area contributed by atoms with Crippen molar-refractivity contribution in [2.75, 3.05) is 11.9 Å². The van der Waals surface area contributed by atoms with Gasteiger partial charge < -0.3 is 20.8 Å². The van der Waals surface area contributed by atoms with E-state index in [4.69, 9.17) is 21.8 Å². The van der Waals surface area contributed by atoms with E-state index in [9.17, 15) is 9.59 Å². The van der Waals surface area contributed by atoms with Crippen molar-refractivity contribution in [2.45, 2.75) is 6.54 Å². The molecule has 4 N–H and O–H groups in total. The van der Waals surface area contributed by atoms with E-state index in [1.54, 1.807) is 12.1 Å². The van der Waals surface area contributed by atoms with E-state index in [1.165, 1.54) is 6.26 Å². The fraction of sp³-hybridized carbons (Fsp3) is 0.105. The lowest BCUT2D eigenvalue weighted by atomic mass is 10.1. The topological polar surface area (TPSA) is 110 Å². The molecule has 8 heteroatoms. The number of anilines is 1. The summed E-state index contributed by atoms with van der Waals surface area (Å²) in [6.07, 6.45) is 1.20. The minimum absolute atomic E-state index is 0.0792. The van der Waals surface area contributed by atoms with Crippen LogP contribution in [0.3, 0.4) is 0 Å². The molecular weight excluding hydrogens is 368 g/mol. The first-order chi connectivity index (χ1) is 13.0. The Morgan fingerprint density at radius 2 is 1.67 bits per heavy atom. The molecule has 27 heavy (non-hydrogen) atoms. The quantitative estimate of drug-likeness (QED) is 0.605. The fourth-order valence-electron chi connectivity index (χ4n) is 2.35. The molecule has 0 radical (unpaired) electrons. The highest BCUT2D eigenvalue weighted by Crippen LogP contribution is 2.23. The number of oxazole rings is 1. The van der Waals surface area contributed by atoms with Gasteiger partial charge in [0.05, 0.1) is 13.1 Å². The van der Waals surface area contributed by atoms with Crippen LogP contribution in [0.1, 0.15) is 16.4 Å². The van der Waals surface area contributed by atoms with E-state index in [1.807, 2.05) is 36.4 Å². The van der Waals surface area contributed by atoms with Crippen molar-refractivity contribution in [3.8, 4) is 11.1 Å². The van der Waals surface area contributed by atoms with Gasteiger partial charge in [-0.15, -0.1) is 0 Å². The third kappa shape index (κ3) is 4.93. The van der Waals surface area contributed by atoms with Gasteiger partial charge in [-0.1, -0.05) is 35.9 Å². The lowest BCUT2D eigenvalue weighted by Crippen LogP contribution is -2.33. The van der Waals surface area contributed by atoms with Crippen LogP contribution in [0.4, 0.5) is 5.69 Å². The number of carbonyl (C=O) groups is 2. The number of rotatable bonds is 6. The lowest BCUT2D eigenvalue weighted by Gasteiger charge is -2.07. The van der Waals surface area contributed by atoms with Crippen LogP contribution >= 0.6 is 11.6 Å². The number of nitrogens with one attached hydrogen (secondary N) is 2. The molecule has 3 aromatic rings. The van der Waals surface area contributed by atoms with Gasteiger partial charge in [-0.2, -0.15) is 0 Å². The SMILES string of the molecule is NCc1nc(C(=O)NCC(=O)Nc2ccc(-c3ccc(Cl)cc3)cc2)co1. The standard InChI is InChI=1S/C19H17ClN4O3/c20-14-5-1-12(2-6-14)13-3-7-15(8-4-13)23-17(25)10-22-19(26)16-11-27-18(9-21)24-16/h1-8,11H,9-10,21H2,(H,22,26)(H,23,25). The molecule has 2 aromatic carbocycles. The van der Waals surface area contributed by atoms with Crippen LogP contribution in [0.15, 0.2) is 59.2 Å². The smallest absolute Gasteiger partial charge is 0.273 e. The number of hydrogen-bond donors (Lipinski definition) is 3. The zero-order valence-electron chi connectivity index (χ0n) is 14.2. The summed E-state index contributed by atoms with van der Waals surface area (Å²) < 4.78 is 4.99. The number of amides is 2. The maximum absolute atomic E-state index is 12.0.